The second-order valence-corrected chi connectivity index (χ2v) is 5.92. The molecule has 22 heavy (non-hydrogen) atoms. The van der Waals surface area contributed by atoms with Gasteiger partial charge in [0.2, 0.25) is 0 Å². The molecular formula is C16H22F2N3O+. The topological polar surface area (TPSA) is 69.5 Å². The molecule has 120 valence electrons. The molecular weight excluding hydrogens is 288 g/mol. The highest BCUT2D eigenvalue weighted by molar-refractivity contribution is 5.78. The molecule has 0 bridgehead atoms. The third-order valence-corrected chi connectivity index (χ3v) is 3.91. The van der Waals surface area contributed by atoms with E-state index in [1.165, 1.54) is 6.07 Å². The average molecular weight is 310 g/mol. The normalized spacial score (nSPS) is 15.0. The molecule has 1 amide bonds. The van der Waals surface area contributed by atoms with Gasteiger partial charge in [-0.15, -0.1) is 0 Å². The number of nitrogens with one attached hydrogen (secondary N) is 1. The number of carbonyl (C=O) groups excluding carboxylic acids is 1. The zero-order chi connectivity index (χ0) is 16.9. The van der Waals surface area contributed by atoms with E-state index in [4.69, 9.17) is 5.26 Å². The molecule has 0 aliphatic carbocycles. The van der Waals surface area contributed by atoms with Gasteiger partial charge in [-0.1, -0.05) is 13.8 Å². The van der Waals surface area contributed by atoms with Crippen molar-refractivity contribution in [3.8, 4) is 6.07 Å². The van der Waals surface area contributed by atoms with Crippen molar-refractivity contribution in [3.05, 3.63) is 35.4 Å². The first-order chi connectivity index (χ1) is 10.2. The van der Waals surface area contributed by atoms with Gasteiger partial charge in [0.25, 0.3) is 5.91 Å². The Morgan fingerprint density at radius 3 is 2.50 bits per heavy atom. The minimum absolute atomic E-state index is 0.0231. The molecule has 0 unspecified atom stereocenters. The Hall–Kier alpha value is -2.00. The van der Waals surface area contributed by atoms with Crippen LogP contribution in [-0.2, 0) is 4.79 Å². The first-order valence-corrected chi connectivity index (χ1v) is 7.20. The summed E-state index contributed by atoms with van der Waals surface area (Å²) in [5.41, 5.74) is -0.325. The lowest BCUT2D eigenvalue weighted by atomic mass is 9.90. The molecule has 1 aromatic carbocycles. The van der Waals surface area contributed by atoms with E-state index in [1.54, 1.807) is 19.2 Å². The summed E-state index contributed by atoms with van der Waals surface area (Å²) in [7, 11) is 0. The van der Waals surface area contributed by atoms with Crippen molar-refractivity contribution in [2.45, 2.75) is 39.3 Å². The summed E-state index contributed by atoms with van der Waals surface area (Å²) >= 11 is 0. The molecule has 0 heterocycles. The van der Waals surface area contributed by atoms with Crippen LogP contribution in [0.5, 0.6) is 0 Å². The molecule has 0 aromatic heterocycles. The van der Waals surface area contributed by atoms with Crippen LogP contribution in [0.25, 0.3) is 0 Å². The fraction of sp³-hybridized carbons (Fsp3) is 0.500. The minimum Gasteiger partial charge on any atom is -0.333 e. The molecule has 2 atom stereocenters. The molecule has 6 heteroatoms. The highest BCUT2D eigenvalue weighted by Gasteiger charge is 2.30. The van der Waals surface area contributed by atoms with Crippen molar-refractivity contribution in [1.82, 2.24) is 5.32 Å². The number of hydrogen-bond donors (Lipinski definition) is 2. The lowest BCUT2D eigenvalue weighted by molar-refractivity contribution is -0.682. The smallest absolute Gasteiger partial charge is 0.276 e. The lowest BCUT2D eigenvalue weighted by Crippen LogP contribution is -2.87. The number of nitriles is 1. The molecule has 0 aliphatic heterocycles. The van der Waals surface area contributed by atoms with Crippen LogP contribution in [-0.4, -0.2) is 18.0 Å². The Bertz CT molecular complexity index is 583. The summed E-state index contributed by atoms with van der Waals surface area (Å²) in [5, 5.41) is 13.6. The van der Waals surface area contributed by atoms with Crippen LogP contribution in [0.3, 0.4) is 0 Å². The van der Waals surface area contributed by atoms with Gasteiger partial charge in [-0.25, -0.2) is 8.78 Å². The lowest BCUT2D eigenvalue weighted by Gasteiger charge is -2.27. The Kier molecular flexibility index (Phi) is 6.01. The summed E-state index contributed by atoms with van der Waals surface area (Å²) in [4.78, 5) is 12.0. The fourth-order valence-electron chi connectivity index (χ4n) is 1.86. The Morgan fingerprint density at radius 2 is 2.00 bits per heavy atom. The Labute approximate surface area is 129 Å². The van der Waals surface area contributed by atoms with E-state index in [0.29, 0.717) is 5.56 Å². The number of nitrogens with two attached hydrogens (primary N) is 1. The summed E-state index contributed by atoms with van der Waals surface area (Å²) in [5.74, 6) is -2.09. The van der Waals surface area contributed by atoms with E-state index in [0.717, 1.165) is 12.1 Å². The summed E-state index contributed by atoms with van der Waals surface area (Å²) in [6.07, 6.45) is 0. The molecule has 0 spiro atoms. The molecule has 1 rings (SSSR count). The molecule has 0 saturated carbocycles. The van der Waals surface area contributed by atoms with E-state index in [-0.39, 0.29) is 24.4 Å². The molecule has 0 aliphatic rings. The van der Waals surface area contributed by atoms with Gasteiger partial charge in [0.1, 0.15) is 11.6 Å². The van der Waals surface area contributed by atoms with Crippen molar-refractivity contribution in [2.75, 3.05) is 6.54 Å². The van der Waals surface area contributed by atoms with Gasteiger partial charge in [0.15, 0.2) is 18.2 Å². The van der Waals surface area contributed by atoms with Crippen molar-refractivity contribution in [2.24, 2.45) is 5.92 Å². The maximum atomic E-state index is 13.2. The minimum atomic E-state index is -0.920. The molecule has 3 N–H and O–H groups in total. The van der Waals surface area contributed by atoms with Gasteiger partial charge < -0.3 is 10.6 Å². The number of amides is 1. The predicted molar refractivity (Wildman–Crippen MR) is 78.6 cm³/mol. The van der Waals surface area contributed by atoms with Crippen LogP contribution in [0.2, 0.25) is 0 Å². The first-order valence-electron chi connectivity index (χ1n) is 7.20. The number of benzene rings is 1. The SMILES string of the molecule is CC(C)[C@](C)(C#N)NC(=O)C[NH2+][C@@H](C)c1ccc(F)c(F)c1. The van der Waals surface area contributed by atoms with Gasteiger partial charge >= 0.3 is 0 Å². The van der Waals surface area contributed by atoms with Crippen molar-refractivity contribution >= 4 is 5.91 Å². The zero-order valence-electron chi connectivity index (χ0n) is 13.3. The second kappa shape index (κ2) is 7.32. The maximum absolute atomic E-state index is 13.2. The van der Waals surface area contributed by atoms with E-state index < -0.39 is 17.2 Å². The average Bonchev–Trinajstić information content (AvgIpc) is 2.47. The molecule has 0 radical (unpaired) electrons. The third-order valence-electron chi connectivity index (χ3n) is 3.91. The zero-order valence-corrected chi connectivity index (χ0v) is 13.3. The number of hydrogen-bond acceptors (Lipinski definition) is 2. The summed E-state index contributed by atoms with van der Waals surface area (Å²) < 4.78 is 26.1. The Balaban J connectivity index is 2.60. The monoisotopic (exact) mass is 310 g/mol. The third kappa shape index (κ3) is 4.50. The van der Waals surface area contributed by atoms with Crippen LogP contribution >= 0.6 is 0 Å². The number of halogens is 2. The van der Waals surface area contributed by atoms with E-state index in [1.807, 2.05) is 13.8 Å². The predicted octanol–water partition coefficient (Wildman–Crippen LogP) is 1.64. The Morgan fingerprint density at radius 1 is 1.36 bits per heavy atom. The molecule has 4 nitrogen and oxygen atoms in total. The van der Waals surface area contributed by atoms with Gasteiger partial charge in [-0.05, 0) is 38.0 Å². The van der Waals surface area contributed by atoms with Crippen LogP contribution < -0.4 is 10.6 Å². The molecule has 0 fully saturated rings. The van der Waals surface area contributed by atoms with E-state index >= 15 is 0 Å². The van der Waals surface area contributed by atoms with Gasteiger partial charge in [0, 0.05) is 5.56 Å². The van der Waals surface area contributed by atoms with Crippen LogP contribution in [0, 0.1) is 28.9 Å². The van der Waals surface area contributed by atoms with Crippen molar-refractivity contribution < 1.29 is 18.9 Å². The first kappa shape index (κ1) is 18.1. The van der Waals surface area contributed by atoms with Gasteiger partial charge in [-0.2, -0.15) is 5.26 Å². The molecule has 1 aromatic rings. The molecule has 0 saturated heterocycles. The number of nitrogens with zero attached hydrogens (tertiary/aromatic N) is 1. The van der Waals surface area contributed by atoms with Crippen LogP contribution in [0.15, 0.2) is 18.2 Å². The van der Waals surface area contributed by atoms with Crippen molar-refractivity contribution in [3.63, 3.8) is 0 Å². The summed E-state index contributed by atoms with van der Waals surface area (Å²) in [6, 6.07) is 5.59. The van der Waals surface area contributed by atoms with Crippen molar-refractivity contribution in [1.29, 1.82) is 5.26 Å². The summed E-state index contributed by atoms with van der Waals surface area (Å²) in [6.45, 7) is 7.29. The standard InChI is InChI=1S/C16H21F2N3O/c1-10(2)16(4,9-19)21-15(22)8-20-11(3)12-5-6-13(17)14(18)7-12/h5-7,10-11,20H,8H2,1-4H3,(H,21,22)/p+1/t11-,16-/m0/s1. The number of rotatable bonds is 6. The largest absolute Gasteiger partial charge is 0.333 e. The van der Waals surface area contributed by atoms with E-state index in [2.05, 4.69) is 11.4 Å². The van der Waals surface area contributed by atoms with Crippen LogP contribution in [0.4, 0.5) is 8.78 Å². The van der Waals surface area contributed by atoms with Gasteiger partial charge in [0.05, 0.1) is 6.07 Å². The highest BCUT2D eigenvalue weighted by atomic mass is 19.2. The van der Waals surface area contributed by atoms with Gasteiger partial charge in [-0.3, -0.25) is 4.79 Å². The fourth-order valence-corrected chi connectivity index (χ4v) is 1.86. The van der Waals surface area contributed by atoms with Crippen LogP contribution in [0.1, 0.15) is 39.3 Å². The number of quaternary nitrogens is 1. The van der Waals surface area contributed by atoms with E-state index in [9.17, 15) is 13.6 Å². The number of carbonyl (C=O) groups is 1. The highest BCUT2D eigenvalue weighted by Crippen LogP contribution is 2.15. The quantitative estimate of drug-likeness (QED) is 0.838. The maximum Gasteiger partial charge on any atom is 0.276 e. The second-order valence-electron chi connectivity index (χ2n) is 5.92.